The van der Waals surface area contributed by atoms with E-state index in [2.05, 4.69) is 364 Å². The second-order valence-corrected chi connectivity index (χ2v) is 51.5. The smallest absolute Gasteiger partial charge is 0.264 e. The topological polar surface area (TPSA) is 36.9 Å². The summed E-state index contributed by atoms with van der Waals surface area (Å²) in [6.07, 6.45) is 0.256. The Labute approximate surface area is 792 Å². The number of benzene rings is 16. The van der Waals surface area contributed by atoms with E-state index >= 15 is 0 Å². The molecule has 0 atom stereocenters. The molecule has 16 rings (SSSR count). The van der Waals surface area contributed by atoms with Crippen molar-refractivity contribution in [2.45, 2.75) is 90.8 Å². The molecule has 0 amide bonds. The minimum absolute atomic E-state index is 0.256. The lowest BCUT2D eigenvalue weighted by Gasteiger charge is -2.35. The molecule has 0 aromatic heterocycles. The van der Waals surface area contributed by atoms with Crippen LogP contribution in [-0.4, -0.2) is 33.3 Å². The van der Waals surface area contributed by atoms with Crippen LogP contribution < -0.4 is 17.7 Å². The molecule has 0 heterocycles. The molecule has 0 saturated carbocycles. The molecule has 0 aliphatic rings. The quantitative estimate of drug-likeness (QED) is 0.0362. The van der Waals surface area contributed by atoms with Crippen LogP contribution in [0.1, 0.15) is 107 Å². The van der Waals surface area contributed by atoms with E-state index in [4.69, 9.17) is 111 Å². The number of hydrogen-bond acceptors (Lipinski definition) is 4. The summed E-state index contributed by atoms with van der Waals surface area (Å²) < 4.78 is 31.4. The highest BCUT2D eigenvalue weighted by molar-refractivity contribution is 6.75. The monoisotopic (exact) mass is 1880 g/mol. The Kier molecular flexibility index (Phi) is 30.5. The fraction of sp³-hybridized carbons (Fsp3) is 0.135. The fourth-order valence-corrected chi connectivity index (χ4v) is 37.9. The van der Waals surface area contributed by atoms with Crippen molar-refractivity contribution >= 4 is 126 Å². The van der Waals surface area contributed by atoms with E-state index in [1.54, 1.807) is 0 Å². The molecule has 0 bridgehead atoms. The van der Waals surface area contributed by atoms with Gasteiger partial charge in [0.2, 0.25) is 0 Å². The van der Waals surface area contributed by atoms with E-state index < -0.39 is 45.1 Å². The highest BCUT2D eigenvalue weighted by Gasteiger charge is 2.45. The SMILES string of the molecule is Clc1cc(C(CC(c2cc(Cl)c(O[Si](Cc3ccccc3)(Cc3ccccc3)Cc3ccccc3)c(Cl)c2)c2cc(Cl)c(O[Si](Cc3ccccc3)(Cc3ccccc3)Cc3ccccc3)c(Cl)c2)c2cc(Cl)c(O[Si](Cc3ccccc3)(Cc3ccccc3)Cc3ccccc3)c(Cl)c2)cc(Cl)c1O[Si](Cc1ccccc1)(Cc1ccccc1)Cc1ccccc1. The molecule has 0 N–H and O–H groups in total. The van der Waals surface area contributed by atoms with Gasteiger partial charge in [0, 0.05) is 84.4 Å². The molecule has 0 unspecified atom stereocenters. The minimum atomic E-state index is -3.12. The standard InChI is InChI=1S/C111H96Cl8O4Si4/c112-100-61-94(62-101(113)108(100)120-124(70-82-37-13-1-14-38-82,71-83-39-15-2-16-40-83)72-84-41-17-3-18-42-84)98(95-63-102(114)109(103(115)64-95)121-125(73-85-43-19-4-20-44-85,74-86-45-21-5-22-46-86)75-87-47-23-6-24-48-87)69-99(96-65-104(116)110(105(117)66-96)122-126(76-88-49-25-7-26-50-88,77-89-51-27-8-28-52-89)78-90-53-29-9-30-54-90)97-67-106(118)111(107(119)68-97)123-127(79-91-55-31-10-32-56-91,80-92-57-33-11-34-58-92)81-93-59-35-12-36-60-93/h1-68,98-99H,69-81H2. The summed E-state index contributed by atoms with van der Waals surface area (Å²) in [5.41, 5.74) is 16.8. The molecule has 16 heteroatoms. The highest BCUT2D eigenvalue weighted by Crippen LogP contribution is 2.52. The van der Waals surface area contributed by atoms with Gasteiger partial charge in [-0.05, 0) is 144 Å². The molecule has 636 valence electrons. The van der Waals surface area contributed by atoms with Gasteiger partial charge in [-0.1, -0.05) is 457 Å². The summed E-state index contributed by atoms with van der Waals surface area (Å²) in [6.45, 7) is 0. The van der Waals surface area contributed by atoms with Gasteiger partial charge < -0.3 is 17.7 Å². The Balaban J connectivity index is 0.890. The van der Waals surface area contributed by atoms with Crippen LogP contribution in [0.4, 0.5) is 0 Å². The molecule has 0 radical (unpaired) electrons. The van der Waals surface area contributed by atoms with Crippen LogP contribution in [0.15, 0.2) is 413 Å². The maximum atomic E-state index is 8.10. The average Bonchev–Trinajstić information content (AvgIpc) is 0.771. The highest BCUT2D eigenvalue weighted by atomic mass is 35.5. The molecule has 0 spiro atoms. The molecule has 16 aromatic rings. The Morgan fingerprint density at radius 2 is 0.260 bits per heavy atom. The van der Waals surface area contributed by atoms with Crippen LogP contribution in [0.2, 0.25) is 40.2 Å². The predicted molar refractivity (Wildman–Crippen MR) is 541 cm³/mol. The van der Waals surface area contributed by atoms with Gasteiger partial charge in [-0.2, -0.15) is 0 Å². The fourth-order valence-electron chi connectivity index (χ4n) is 18.3. The van der Waals surface area contributed by atoms with Crippen molar-refractivity contribution in [1.29, 1.82) is 0 Å². The summed E-state index contributed by atoms with van der Waals surface area (Å²) in [5.74, 6) is 0.267. The van der Waals surface area contributed by atoms with Crippen LogP contribution in [0.5, 0.6) is 23.0 Å². The first-order chi connectivity index (χ1) is 62.0. The van der Waals surface area contributed by atoms with Crippen molar-refractivity contribution in [3.05, 3.63) is 542 Å². The van der Waals surface area contributed by atoms with E-state index in [9.17, 15) is 0 Å². The maximum absolute atomic E-state index is 8.10. The first-order valence-electron chi connectivity index (χ1n) is 43.1. The minimum Gasteiger partial charge on any atom is -0.540 e. The van der Waals surface area contributed by atoms with Gasteiger partial charge in [0.1, 0.15) is 23.0 Å². The van der Waals surface area contributed by atoms with E-state index in [0.717, 1.165) is 89.0 Å². The third-order valence-electron chi connectivity index (χ3n) is 23.9. The zero-order valence-electron chi connectivity index (χ0n) is 70.3. The molecule has 4 nitrogen and oxygen atoms in total. The van der Waals surface area contributed by atoms with Crippen molar-refractivity contribution < 1.29 is 17.7 Å². The molecule has 127 heavy (non-hydrogen) atoms. The van der Waals surface area contributed by atoms with E-state index in [-0.39, 0.29) is 6.42 Å². The van der Waals surface area contributed by atoms with Crippen LogP contribution in [0, 0.1) is 0 Å². The molecule has 0 aliphatic heterocycles. The number of rotatable bonds is 38. The third kappa shape index (κ3) is 24.1. The first-order valence-corrected chi connectivity index (χ1v) is 56.3. The second kappa shape index (κ2) is 42.9. The summed E-state index contributed by atoms with van der Waals surface area (Å²) >= 11 is 64.8. The van der Waals surface area contributed by atoms with Crippen molar-refractivity contribution in [2.75, 3.05) is 0 Å². The Bertz CT molecular complexity index is 4980. The summed E-state index contributed by atoms with van der Waals surface area (Å²) in [5, 5.41) is 2.62. The van der Waals surface area contributed by atoms with Crippen molar-refractivity contribution in [1.82, 2.24) is 0 Å². The van der Waals surface area contributed by atoms with Gasteiger partial charge >= 0.3 is 0 Å². The normalized spacial score (nSPS) is 11.9. The summed E-state index contributed by atoms with van der Waals surface area (Å²) in [6, 6.07) is 151. The summed E-state index contributed by atoms with van der Waals surface area (Å²) in [7, 11) is -12.5. The van der Waals surface area contributed by atoms with Gasteiger partial charge in [-0.3, -0.25) is 0 Å². The van der Waals surface area contributed by atoms with E-state index in [1.807, 2.05) is 48.5 Å². The lowest BCUT2D eigenvalue weighted by molar-refractivity contribution is 0.524. The lowest BCUT2D eigenvalue weighted by atomic mass is 9.78. The molecule has 0 saturated heterocycles. The van der Waals surface area contributed by atoms with Crippen LogP contribution in [0.3, 0.4) is 0 Å². The Morgan fingerprint density at radius 1 is 0.157 bits per heavy atom. The zero-order chi connectivity index (χ0) is 87.4. The molecule has 0 fully saturated rings. The lowest BCUT2D eigenvalue weighted by Crippen LogP contribution is -2.50. The molecule has 0 aliphatic carbocycles. The van der Waals surface area contributed by atoms with E-state index in [0.29, 0.717) is 136 Å². The van der Waals surface area contributed by atoms with E-state index in [1.165, 1.54) is 0 Å². The van der Waals surface area contributed by atoms with Crippen molar-refractivity contribution in [3.8, 4) is 23.0 Å². The third-order valence-corrected chi connectivity index (χ3v) is 41.3. The molecular weight excluding hydrogens is 1790 g/mol. The number of hydrogen-bond donors (Lipinski definition) is 0. The maximum Gasteiger partial charge on any atom is 0.264 e. The average molecular weight is 1890 g/mol. The van der Waals surface area contributed by atoms with Gasteiger partial charge in [-0.15, -0.1) is 0 Å². The van der Waals surface area contributed by atoms with Gasteiger partial charge in [0.25, 0.3) is 33.3 Å². The van der Waals surface area contributed by atoms with Gasteiger partial charge in [0.15, 0.2) is 0 Å². The zero-order valence-corrected chi connectivity index (χ0v) is 80.3. The molecular formula is C111H96Cl8O4Si4. The van der Waals surface area contributed by atoms with Crippen molar-refractivity contribution in [3.63, 3.8) is 0 Å². The second-order valence-electron chi connectivity index (χ2n) is 33.7. The van der Waals surface area contributed by atoms with Crippen LogP contribution in [0.25, 0.3) is 0 Å². The van der Waals surface area contributed by atoms with Crippen LogP contribution in [-0.2, 0) is 72.5 Å². The van der Waals surface area contributed by atoms with Crippen molar-refractivity contribution in [2.24, 2.45) is 0 Å². The first kappa shape index (κ1) is 90.3. The Hall–Kier alpha value is -10.1. The van der Waals surface area contributed by atoms with Gasteiger partial charge in [-0.25, -0.2) is 0 Å². The number of halogens is 8. The van der Waals surface area contributed by atoms with Crippen LogP contribution >= 0.6 is 92.8 Å². The predicted octanol–water partition coefficient (Wildman–Crippen LogP) is 30.9. The Morgan fingerprint density at radius 3 is 0.362 bits per heavy atom. The summed E-state index contributed by atoms with van der Waals surface area (Å²) in [4.78, 5) is 0. The largest absolute Gasteiger partial charge is 0.540 e. The molecule has 16 aromatic carbocycles. The van der Waals surface area contributed by atoms with Gasteiger partial charge in [0.05, 0.1) is 40.2 Å².